The van der Waals surface area contributed by atoms with E-state index in [2.05, 4.69) is 4.98 Å². The average Bonchev–Trinajstić information content (AvgIpc) is 3.20. The van der Waals surface area contributed by atoms with Gasteiger partial charge in [0.05, 0.1) is 18.7 Å². The molecule has 1 saturated heterocycles. The van der Waals surface area contributed by atoms with Crippen LogP contribution in [0.4, 0.5) is 19.0 Å². The molecular formula is C24H21F3N3O3+. The van der Waals surface area contributed by atoms with Crippen LogP contribution in [-0.2, 0) is 11.0 Å². The van der Waals surface area contributed by atoms with Gasteiger partial charge in [0.2, 0.25) is 0 Å². The molecule has 33 heavy (non-hydrogen) atoms. The van der Waals surface area contributed by atoms with E-state index in [1.165, 1.54) is 6.07 Å². The summed E-state index contributed by atoms with van der Waals surface area (Å²) in [6.07, 6.45) is -3.42. The number of benzene rings is 2. The maximum atomic E-state index is 12.7. The molecule has 1 amide bonds. The van der Waals surface area contributed by atoms with Crippen molar-refractivity contribution in [1.82, 2.24) is 4.90 Å². The second-order valence-corrected chi connectivity index (χ2v) is 7.87. The van der Waals surface area contributed by atoms with Crippen molar-refractivity contribution in [2.75, 3.05) is 37.7 Å². The average molecular weight is 456 g/mol. The molecule has 4 aromatic rings. The summed E-state index contributed by atoms with van der Waals surface area (Å²) < 4.78 is 49.7. The molecule has 9 heteroatoms. The van der Waals surface area contributed by atoms with Gasteiger partial charge in [0, 0.05) is 16.8 Å². The predicted molar refractivity (Wildman–Crippen MR) is 116 cm³/mol. The zero-order valence-electron chi connectivity index (χ0n) is 17.6. The number of halogens is 3. The molecule has 2 aromatic carbocycles. The molecule has 6 nitrogen and oxygen atoms in total. The molecule has 0 aliphatic carbocycles. The number of ether oxygens (including phenoxy) is 1. The highest BCUT2D eigenvalue weighted by Crippen LogP contribution is 2.31. The molecule has 1 aliphatic rings. The molecule has 1 aliphatic heterocycles. The molecule has 2 aromatic heterocycles. The second kappa shape index (κ2) is 8.31. The SMILES string of the molecule is O=C(COc1ccc2oc3ccccc3c2c1)N1CCN(c2ccc(C(F)(F)F)c[nH+]2)CC1. The number of hydrogen-bond donors (Lipinski definition) is 0. The summed E-state index contributed by atoms with van der Waals surface area (Å²) in [6, 6.07) is 15.7. The Balaban J connectivity index is 1.17. The van der Waals surface area contributed by atoms with E-state index in [1.54, 1.807) is 11.0 Å². The molecular weight excluding hydrogens is 435 g/mol. The van der Waals surface area contributed by atoms with E-state index in [0.29, 0.717) is 37.7 Å². The molecule has 170 valence electrons. The lowest BCUT2D eigenvalue weighted by atomic mass is 10.1. The normalized spacial score (nSPS) is 14.8. The highest BCUT2D eigenvalue weighted by atomic mass is 19.4. The lowest BCUT2D eigenvalue weighted by molar-refractivity contribution is -0.367. The van der Waals surface area contributed by atoms with E-state index >= 15 is 0 Å². The number of carbonyl (C=O) groups is 1. The molecule has 0 radical (unpaired) electrons. The third kappa shape index (κ3) is 4.30. The van der Waals surface area contributed by atoms with Crippen LogP contribution in [-0.4, -0.2) is 43.6 Å². The van der Waals surface area contributed by atoms with E-state index < -0.39 is 11.7 Å². The van der Waals surface area contributed by atoms with Gasteiger partial charge in [-0.15, -0.1) is 0 Å². The quantitative estimate of drug-likeness (QED) is 0.463. The van der Waals surface area contributed by atoms with Crippen LogP contribution in [0.5, 0.6) is 5.75 Å². The lowest BCUT2D eigenvalue weighted by Crippen LogP contribution is -2.51. The van der Waals surface area contributed by atoms with E-state index in [0.717, 1.165) is 34.2 Å². The van der Waals surface area contributed by atoms with E-state index in [9.17, 15) is 18.0 Å². The van der Waals surface area contributed by atoms with Gasteiger partial charge in [0.15, 0.2) is 6.61 Å². The number of piperazine rings is 1. The van der Waals surface area contributed by atoms with Crippen LogP contribution in [0.2, 0.25) is 0 Å². The molecule has 3 heterocycles. The van der Waals surface area contributed by atoms with Crippen LogP contribution < -0.4 is 14.6 Å². The summed E-state index contributed by atoms with van der Waals surface area (Å²) in [6.45, 7) is 1.86. The van der Waals surface area contributed by atoms with Crippen LogP contribution in [0.3, 0.4) is 0 Å². The molecule has 1 fully saturated rings. The summed E-state index contributed by atoms with van der Waals surface area (Å²) in [5.74, 6) is 1.04. The number of nitrogens with zero attached hydrogens (tertiary/aromatic N) is 2. The van der Waals surface area contributed by atoms with Gasteiger partial charge in [-0.05, 0) is 30.3 Å². The van der Waals surface area contributed by atoms with Crippen LogP contribution in [0.1, 0.15) is 5.56 Å². The fourth-order valence-electron chi connectivity index (χ4n) is 4.02. The minimum Gasteiger partial charge on any atom is -0.484 e. The minimum absolute atomic E-state index is 0.0896. The van der Waals surface area contributed by atoms with Crippen LogP contribution >= 0.6 is 0 Å². The standard InChI is InChI=1S/C24H20F3N3O3/c25-24(26,27)16-5-8-22(28-14-16)29-9-11-30(12-10-29)23(31)15-32-17-6-7-21-19(13-17)18-3-1-2-4-20(18)33-21/h1-8,13-14H,9-12,15H2/p+1. The number of hydrogen-bond acceptors (Lipinski definition) is 4. The molecule has 0 unspecified atom stereocenters. The predicted octanol–water partition coefficient (Wildman–Crippen LogP) is 4.15. The van der Waals surface area contributed by atoms with Gasteiger partial charge >= 0.3 is 6.18 Å². The van der Waals surface area contributed by atoms with Crippen molar-refractivity contribution in [2.45, 2.75) is 6.18 Å². The van der Waals surface area contributed by atoms with Gasteiger partial charge in [-0.1, -0.05) is 18.2 Å². The van der Waals surface area contributed by atoms with E-state index in [-0.39, 0.29) is 12.5 Å². The number of fused-ring (bicyclic) bond motifs is 3. The smallest absolute Gasteiger partial charge is 0.419 e. The molecule has 0 atom stereocenters. The Morgan fingerprint density at radius 1 is 0.970 bits per heavy atom. The van der Waals surface area contributed by atoms with Crippen molar-refractivity contribution < 1.29 is 32.1 Å². The number of H-pyrrole nitrogens is 1. The fourth-order valence-corrected chi connectivity index (χ4v) is 4.02. The number of carbonyl (C=O) groups excluding carboxylic acids is 1. The lowest BCUT2D eigenvalue weighted by Gasteiger charge is -2.31. The summed E-state index contributed by atoms with van der Waals surface area (Å²) >= 11 is 0. The second-order valence-electron chi connectivity index (χ2n) is 7.87. The first-order valence-electron chi connectivity index (χ1n) is 10.5. The number of para-hydroxylation sites is 1. The van der Waals surface area contributed by atoms with Gasteiger partial charge < -0.3 is 14.1 Å². The summed E-state index contributed by atoms with van der Waals surface area (Å²) in [5.41, 5.74) is 0.828. The molecule has 0 saturated carbocycles. The summed E-state index contributed by atoms with van der Waals surface area (Å²) in [5, 5.41) is 1.91. The fraction of sp³-hybridized carbons (Fsp3) is 0.250. The number of aromatic nitrogens is 1. The van der Waals surface area contributed by atoms with Crippen molar-refractivity contribution >= 4 is 33.7 Å². The van der Waals surface area contributed by atoms with Crippen molar-refractivity contribution in [1.29, 1.82) is 0 Å². The largest absolute Gasteiger partial charge is 0.484 e. The van der Waals surface area contributed by atoms with Crippen LogP contribution in [0.25, 0.3) is 21.9 Å². The summed E-state index contributed by atoms with van der Waals surface area (Å²) in [7, 11) is 0. The first-order valence-corrected chi connectivity index (χ1v) is 10.5. The Hall–Kier alpha value is -3.75. The highest BCUT2D eigenvalue weighted by molar-refractivity contribution is 6.05. The monoisotopic (exact) mass is 456 g/mol. The Labute approximate surface area is 187 Å². The first kappa shape index (κ1) is 21.1. The molecule has 5 rings (SSSR count). The van der Waals surface area contributed by atoms with Crippen molar-refractivity contribution in [3.05, 3.63) is 66.4 Å². The Bertz CT molecular complexity index is 1290. The number of furan rings is 1. The molecule has 1 N–H and O–H groups in total. The number of pyridine rings is 1. The maximum absolute atomic E-state index is 12.7. The highest BCUT2D eigenvalue weighted by Gasteiger charge is 2.33. The van der Waals surface area contributed by atoms with Crippen LogP contribution in [0.15, 0.2) is 65.2 Å². The van der Waals surface area contributed by atoms with Gasteiger partial charge in [0.1, 0.15) is 36.2 Å². The van der Waals surface area contributed by atoms with Gasteiger partial charge in [0.25, 0.3) is 11.7 Å². The van der Waals surface area contributed by atoms with Crippen molar-refractivity contribution in [2.24, 2.45) is 0 Å². The third-order valence-corrected chi connectivity index (χ3v) is 5.81. The number of nitrogens with one attached hydrogen (secondary N) is 1. The number of anilines is 1. The number of rotatable bonds is 4. The van der Waals surface area contributed by atoms with E-state index in [4.69, 9.17) is 9.15 Å². The zero-order valence-corrected chi connectivity index (χ0v) is 17.6. The van der Waals surface area contributed by atoms with Crippen LogP contribution in [0, 0.1) is 0 Å². The Kier molecular flexibility index (Phi) is 5.32. The topological polar surface area (TPSA) is 60.1 Å². The zero-order chi connectivity index (χ0) is 23.0. The Morgan fingerprint density at radius 3 is 2.45 bits per heavy atom. The summed E-state index contributed by atoms with van der Waals surface area (Å²) in [4.78, 5) is 18.9. The molecule has 0 bridgehead atoms. The molecule has 0 spiro atoms. The van der Waals surface area contributed by atoms with Gasteiger partial charge in [-0.2, -0.15) is 13.2 Å². The van der Waals surface area contributed by atoms with Gasteiger partial charge in [-0.3, -0.25) is 9.69 Å². The minimum atomic E-state index is -4.38. The maximum Gasteiger partial charge on any atom is 0.419 e. The number of amides is 1. The Morgan fingerprint density at radius 2 is 1.73 bits per heavy atom. The van der Waals surface area contributed by atoms with Crippen molar-refractivity contribution in [3.63, 3.8) is 0 Å². The number of alkyl halides is 3. The van der Waals surface area contributed by atoms with E-state index in [1.807, 2.05) is 41.3 Å². The first-order chi connectivity index (χ1) is 15.9. The third-order valence-electron chi connectivity index (χ3n) is 5.81. The number of aromatic amines is 1. The van der Waals surface area contributed by atoms with Gasteiger partial charge in [-0.25, -0.2) is 4.98 Å². The van der Waals surface area contributed by atoms with Crippen molar-refractivity contribution in [3.8, 4) is 5.75 Å².